The topological polar surface area (TPSA) is 61.5 Å². The molecule has 3 rings (SSSR count). The van der Waals surface area contributed by atoms with Crippen LogP contribution < -0.4 is 4.74 Å². The molecule has 1 aromatic carbocycles. The number of nitrogens with zero attached hydrogens (tertiary/aromatic N) is 3. The van der Waals surface area contributed by atoms with E-state index in [1.807, 2.05) is 4.90 Å². The monoisotopic (exact) mass is 374 g/mol. The van der Waals surface area contributed by atoms with Crippen LogP contribution in [-0.2, 0) is 0 Å². The molecule has 0 aliphatic carbocycles. The van der Waals surface area contributed by atoms with Gasteiger partial charge in [-0.15, -0.1) is 0 Å². The highest BCUT2D eigenvalue weighted by Crippen LogP contribution is 2.25. The van der Waals surface area contributed by atoms with Crippen molar-refractivity contribution in [1.82, 2.24) is 20.0 Å². The summed E-state index contributed by atoms with van der Waals surface area (Å²) in [5, 5.41) is 6.98. The van der Waals surface area contributed by atoms with Crippen LogP contribution in [0.15, 0.2) is 24.3 Å². The molecule has 146 valence electrons. The van der Waals surface area contributed by atoms with E-state index in [9.17, 15) is 9.18 Å². The van der Waals surface area contributed by atoms with Crippen LogP contribution in [0.2, 0.25) is 0 Å². The highest BCUT2D eigenvalue weighted by molar-refractivity contribution is 5.93. The Balaban J connectivity index is 1.66. The quantitative estimate of drug-likeness (QED) is 0.844. The number of halogens is 1. The Hall–Kier alpha value is -2.41. The third-order valence-corrected chi connectivity index (χ3v) is 5.32. The molecule has 6 nitrogen and oxygen atoms in total. The fourth-order valence-corrected chi connectivity index (χ4v) is 3.67. The maximum absolute atomic E-state index is 13.9. The van der Waals surface area contributed by atoms with Crippen LogP contribution in [0.4, 0.5) is 4.39 Å². The van der Waals surface area contributed by atoms with Gasteiger partial charge in [0, 0.05) is 37.8 Å². The van der Waals surface area contributed by atoms with Gasteiger partial charge in [0.2, 0.25) is 0 Å². The van der Waals surface area contributed by atoms with Crippen molar-refractivity contribution in [3.05, 3.63) is 35.8 Å². The van der Waals surface area contributed by atoms with E-state index in [0.717, 1.165) is 25.9 Å². The number of amides is 1. The average Bonchev–Trinajstić information content (AvgIpc) is 3.19. The van der Waals surface area contributed by atoms with E-state index < -0.39 is 5.82 Å². The Kier molecular flexibility index (Phi) is 6.11. The molecule has 0 bridgehead atoms. The minimum absolute atomic E-state index is 0.0630. The van der Waals surface area contributed by atoms with Gasteiger partial charge in [-0.25, -0.2) is 4.39 Å². The Labute approximate surface area is 159 Å². The minimum atomic E-state index is -0.455. The van der Waals surface area contributed by atoms with Crippen molar-refractivity contribution >= 4 is 5.91 Å². The zero-order valence-corrected chi connectivity index (χ0v) is 16.2. The first-order chi connectivity index (χ1) is 13.1. The minimum Gasteiger partial charge on any atom is -0.494 e. The van der Waals surface area contributed by atoms with Gasteiger partial charge in [0.25, 0.3) is 5.91 Å². The van der Waals surface area contributed by atoms with Crippen molar-refractivity contribution in [3.8, 4) is 17.0 Å². The predicted molar refractivity (Wildman–Crippen MR) is 102 cm³/mol. The summed E-state index contributed by atoms with van der Waals surface area (Å²) in [5.41, 5.74) is 1.56. The van der Waals surface area contributed by atoms with Gasteiger partial charge in [0.05, 0.1) is 12.8 Å². The highest BCUT2D eigenvalue weighted by Gasteiger charge is 2.26. The molecule has 1 aliphatic rings. The lowest BCUT2D eigenvalue weighted by atomic mass is 10.1. The number of hydrogen-bond donors (Lipinski definition) is 1. The van der Waals surface area contributed by atoms with Gasteiger partial charge in [-0.1, -0.05) is 13.8 Å². The summed E-state index contributed by atoms with van der Waals surface area (Å²) < 4.78 is 18.8. The average molecular weight is 374 g/mol. The zero-order chi connectivity index (χ0) is 19.4. The van der Waals surface area contributed by atoms with Gasteiger partial charge in [-0.05, 0) is 37.1 Å². The highest BCUT2D eigenvalue weighted by atomic mass is 19.1. The predicted octanol–water partition coefficient (Wildman–Crippen LogP) is 3.17. The SMILES string of the molecule is CCC(CC)N1CCN(C(=O)c2cc(-c3ccc(OC)c(F)c3)n[nH]2)CC1. The number of ether oxygens (including phenoxy) is 1. The second-order valence-corrected chi connectivity index (χ2v) is 6.81. The van der Waals surface area contributed by atoms with Gasteiger partial charge in [-0.2, -0.15) is 5.10 Å². The smallest absolute Gasteiger partial charge is 0.271 e. The van der Waals surface area contributed by atoms with Crippen molar-refractivity contribution in [2.45, 2.75) is 32.7 Å². The fraction of sp³-hybridized carbons (Fsp3) is 0.500. The largest absolute Gasteiger partial charge is 0.494 e. The molecule has 0 unspecified atom stereocenters. The van der Waals surface area contributed by atoms with Crippen molar-refractivity contribution in [2.24, 2.45) is 0 Å². The number of piperazine rings is 1. The van der Waals surface area contributed by atoms with E-state index in [4.69, 9.17) is 4.74 Å². The Morgan fingerprint density at radius 1 is 1.22 bits per heavy atom. The van der Waals surface area contributed by atoms with Crippen LogP contribution in [0, 0.1) is 5.82 Å². The molecule has 1 amide bonds. The Bertz CT molecular complexity index is 780. The van der Waals surface area contributed by atoms with E-state index in [-0.39, 0.29) is 11.7 Å². The lowest BCUT2D eigenvalue weighted by Crippen LogP contribution is -2.51. The van der Waals surface area contributed by atoms with Crippen molar-refractivity contribution < 1.29 is 13.9 Å². The third-order valence-electron chi connectivity index (χ3n) is 5.32. The maximum Gasteiger partial charge on any atom is 0.271 e. The number of rotatable bonds is 6. The number of carbonyl (C=O) groups excluding carboxylic acids is 1. The van der Waals surface area contributed by atoms with Crippen molar-refractivity contribution in [1.29, 1.82) is 0 Å². The Morgan fingerprint density at radius 2 is 1.93 bits per heavy atom. The number of H-pyrrole nitrogens is 1. The molecule has 0 spiro atoms. The number of aromatic nitrogens is 2. The maximum atomic E-state index is 13.9. The summed E-state index contributed by atoms with van der Waals surface area (Å²) in [6.07, 6.45) is 2.26. The van der Waals surface area contributed by atoms with Crippen molar-refractivity contribution in [3.63, 3.8) is 0 Å². The van der Waals surface area contributed by atoms with Gasteiger partial charge >= 0.3 is 0 Å². The van der Waals surface area contributed by atoms with Gasteiger partial charge in [0.15, 0.2) is 11.6 Å². The number of methoxy groups -OCH3 is 1. The van der Waals surface area contributed by atoms with Crippen LogP contribution in [0.3, 0.4) is 0 Å². The summed E-state index contributed by atoms with van der Waals surface area (Å²) in [6.45, 7) is 7.62. The van der Waals surface area contributed by atoms with E-state index in [1.54, 1.807) is 18.2 Å². The van der Waals surface area contributed by atoms with Crippen LogP contribution in [0.25, 0.3) is 11.3 Å². The number of aromatic amines is 1. The van der Waals surface area contributed by atoms with E-state index in [0.29, 0.717) is 36.1 Å². The third kappa shape index (κ3) is 4.13. The number of nitrogens with one attached hydrogen (secondary N) is 1. The molecule has 1 saturated heterocycles. The summed E-state index contributed by atoms with van der Waals surface area (Å²) in [5.74, 6) is -0.337. The number of benzene rings is 1. The van der Waals surface area contributed by atoms with Crippen molar-refractivity contribution in [2.75, 3.05) is 33.3 Å². The molecule has 2 heterocycles. The van der Waals surface area contributed by atoms with Gasteiger partial charge in [0.1, 0.15) is 5.69 Å². The summed E-state index contributed by atoms with van der Waals surface area (Å²) in [4.78, 5) is 17.1. The van der Waals surface area contributed by atoms with Gasteiger partial charge in [-0.3, -0.25) is 14.8 Å². The molecule has 1 aromatic heterocycles. The molecular formula is C20H27FN4O2. The number of hydrogen-bond acceptors (Lipinski definition) is 4. The lowest BCUT2D eigenvalue weighted by molar-refractivity contribution is 0.0554. The van der Waals surface area contributed by atoms with E-state index in [2.05, 4.69) is 28.9 Å². The summed E-state index contributed by atoms with van der Waals surface area (Å²) in [6, 6.07) is 6.90. The molecule has 0 atom stereocenters. The fourth-order valence-electron chi connectivity index (χ4n) is 3.67. The Morgan fingerprint density at radius 3 is 2.52 bits per heavy atom. The molecule has 1 aliphatic heterocycles. The molecule has 0 radical (unpaired) electrons. The first kappa shape index (κ1) is 19.4. The molecule has 2 aromatic rings. The summed E-state index contributed by atoms with van der Waals surface area (Å²) in [7, 11) is 1.42. The second-order valence-electron chi connectivity index (χ2n) is 6.81. The van der Waals surface area contributed by atoms with Crippen LogP contribution in [0.1, 0.15) is 37.2 Å². The van der Waals surface area contributed by atoms with E-state index >= 15 is 0 Å². The molecule has 1 fully saturated rings. The molecule has 27 heavy (non-hydrogen) atoms. The zero-order valence-electron chi connectivity index (χ0n) is 16.2. The van der Waals surface area contributed by atoms with Crippen LogP contribution >= 0.6 is 0 Å². The van der Waals surface area contributed by atoms with Crippen LogP contribution in [-0.4, -0.2) is 65.2 Å². The lowest BCUT2D eigenvalue weighted by Gasteiger charge is -2.38. The van der Waals surface area contributed by atoms with E-state index in [1.165, 1.54) is 13.2 Å². The number of carbonyl (C=O) groups is 1. The normalized spacial score (nSPS) is 15.4. The molecule has 1 N–H and O–H groups in total. The summed E-state index contributed by atoms with van der Waals surface area (Å²) >= 11 is 0. The molecular weight excluding hydrogens is 347 g/mol. The van der Waals surface area contributed by atoms with Gasteiger partial charge < -0.3 is 9.64 Å². The van der Waals surface area contributed by atoms with Crippen LogP contribution in [0.5, 0.6) is 5.75 Å². The first-order valence-corrected chi connectivity index (χ1v) is 9.50. The first-order valence-electron chi connectivity index (χ1n) is 9.50. The second kappa shape index (κ2) is 8.52. The standard InChI is InChI=1S/C20H27FN4O2/c1-4-15(5-2)24-8-10-25(11-9-24)20(26)18-13-17(22-23-18)14-6-7-19(27-3)16(21)12-14/h6-7,12-13,15H,4-5,8-11H2,1-3H3,(H,22,23). The molecule has 0 saturated carbocycles. The molecule has 7 heteroatoms.